The molecule has 128 valence electrons. The number of ketones is 2. The molecule has 2 rings (SSSR count). The molecule has 0 radical (unpaired) electrons. The highest BCUT2D eigenvalue weighted by Gasteiger charge is 2.29. The molecule has 0 atom stereocenters. The lowest BCUT2D eigenvalue weighted by Gasteiger charge is -2.21. The second-order valence-corrected chi connectivity index (χ2v) is 5.93. The van der Waals surface area contributed by atoms with Crippen molar-refractivity contribution >= 4 is 17.1 Å². The molecule has 0 fully saturated rings. The molecule has 1 aliphatic rings. The molecule has 0 aromatic heterocycles. The van der Waals surface area contributed by atoms with Crippen LogP contribution in [-0.2, 0) is 9.59 Å². The molecule has 1 aromatic rings. The summed E-state index contributed by atoms with van der Waals surface area (Å²) >= 11 is 0. The van der Waals surface area contributed by atoms with Gasteiger partial charge in [-0.1, -0.05) is 57.0 Å². The van der Waals surface area contributed by atoms with E-state index in [1.807, 2.05) is 30.3 Å². The van der Waals surface area contributed by atoms with Gasteiger partial charge in [0.05, 0.1) is 17.0 Å². The van der Waals surface area contributed by atoms with Crippen molar-refractivity contribution in [1.29, 1.82) is 0 Å². The van der Waals surface area contributed by atoms with E-state index in [0.29, 0.717) is 30.1 Å². The minimum Gasteiger partial charge on any atom is -0.382 e. The Morgan fingerprint density at radius 2 is 1.50 bits per heavy atom. The Morgan fingerprint density at radius 3 is 2.12 bits per heavy atom. The third-order valence-corrected chi connectivity index (χ3v) is 3.98. The van der Waals surface area contributed by atoms with E-state index < -0.39 is 0 Å². The molecule has 0 saturated carbocycles. The number of nitrogens with one attached hydrogen (secondary N) is 2. The predicted molar refractivity (Wildman–Crippen MR) is 97.3 cm³/mol. The van der Waals surface area contributed by atoms with Crippen molar-refractivity contribution in [3.05, 3.63) is 53.4 Å². The Hall–Kier alpha value is -2.36. The third-order valence-electron chi connectivity index (χ3n) is 3.98. The van der Waals surface area contributed by atoms with Crippen molar-refractivity contribution in [2.75, 3.05) is 13.1 Å². The number of Topliss-reactive ketones (excluding diaryl/α,β-unsaturated/α-hetero) is 1. The Labute approximate surface area is 144 Å². The smallest absolute Gasteiger partial charge is 0.211 e. The van der Waals surface area contributed by atoms with Gasteiger partial charge in [-0.05, 0) is 18.4 Å². The largest absolute Gasteiger partial charge is 0.382 e. The summed E-state index contributed by atoms with van der Waals surface area (Å²) in [4.78, 5) is 25.5. The minimum absolute atomic E-state index is 0.115. The van der Waals surface area contributed by atoms with E-state index in [1.165, 1.54) is 6.08 Å². The quantitative estimate of drug-likeness (QED) is 0.540. The summed E-state index contributed by atoms with van der Waals surface area (Å²) in [5, 5.41) is 6.30. The molecular formula is C20H26N2O2. The van der Waals surface area contributed by atoms with Crippen LogP contribution in [0.15, 0.2) is 47.8 Å². The average Bonchev–Trinajstić information content (AvgIpc) is 2.60. The summed E-state index contributed by atoms with van der Waals surface area (Å²) in [6.07, 6.45) is 5.41. The summed E-state index contributed by atoms with van der Waals surface area (Å²) in [5.41, 5.74) is 2.06. The highest BCUT2D eigenvalue weighted by Crippen LogP contribution is 2.26. The minimum atomic E-state index is -0.136. The van der Waals surface area contributed by atoms with Crippen molar-refractivity contribution in [2.45, 2.75) is 39.5 Å². The van der Waals surface area contributed by atoms with E-state index in [9.17, 15) is 9.59 Å². The lowest BCUT2D eigenvalue weighted by atomic mass is 9.91. The molecule has 2 N–H and O–H groups in total. The molecule has 0 amide bonds. The van der Waals surface area contributed by atoms with Gasteiger partial charge >= 0.3 is 0 Å². The molecule has 24 heavy (non-hydrogen) atoms. The van der Waals surface area contributed by atoms with Crippen LogP contribution in [0.1, 0.15) is 45.1 Å². The Kier molecular flexibility index (Phi) is 6.79. The number of benzene rings is 1. The first kappa shape index (κ1) is 18.0. The maximum absolute atomic E-state index is 12.9. The van der Waals surface area contributed by atoms with Gasteiger partial charge in [0.25, 0.3) is 0 Å². The first-order valence-corrected chi connectivity index (χ1v) is 8.77. The molecule has 0 heterocycles. The molecule has 1 aromatic carbocycles. The van der Waals surface area contributed by atoms with Crippen LogP contribution in [0.25, 0.3) is 5.57 Å². The fraction of sp³-hybridized carbons (Fsp3) is 0.400. The van der Waals surface area contributed by atoms with Crippen LogP contribution < -0.4 is 10.6 Å². The van der Waals surface area contributed by atoms with Gasteiger partial charge in [-0.25, -0.2) is 0 Å². The highest BCUT2D eigenvalue weighted by atomic mass is 16.1. The monoisotopic (exact) mass is 326 g/mol. The van der Waals surface area contributed by atoms with Crippen LogP contribution in [0, 0.1) is 0 Å². The molecule has 0 spiro atoms. The van der Waals surface area contributed by atoms with Crippen molar-refractivity contribution in [3.63, 3.8) is 0 Å². The van der Waals surface area contributed by atoms with Crippen molar-refractivity contribution in [2.24, 2.45) is 0 Å². The molecule has 4 heteroatoms. The summed E-state index contributed by atoms with van der Waals surface area (Å²) in [6.45, 7) is 5.57. The molecular weight excluding hydrogens is 300 g/mol. The predicted octanol–water partition coefficient (Wildman–Crippen LogP) is 3.21. The van der Waals surface area contributed by atoms with Crippen LogP contribution in [0.3, 0.4) is 0 Å². The summed E-state index contributed by atoms with van der Waals surface area (Å²) in [5.74, 6) is -0.251. The number of carbonyl (C=O) groups is 2. The second kappa shape index (κ2) is 9.06. The number of rotatable bonds is 9. The molecule has 4 nitrogen and oxygen atoms in total. The zero-order chi connectivity index (χ0) is 17.4. The van der Waals surface area contributed by atoms with E-state index in [-0.39, 0.29) is 11.6 Å². The first-order valence-electron chi connectivity index (χ1n) is 8.77. The van der Waals surface area contributed by atoms with Gasteiger partial charge in [-0.3, -0.25) is 9.59 Å². The highest BCUT2D eigenvalue weighted by molar-refractivity contribution is 6.37. The van der Waals surface area contributed by atoms with Gasteiger partial charge in [-0.2, -0.15) is 0 Å². The summed E-state index contributed by atoms with van der Waals surface area (Å²) in [6, 6.07) is 9.41. The number of hydrogen-bond acceptors (Lipinski definition) is 4. The molecule has 0 saturated heterocycles. The van der Waals surface area contributed by atoms with Crippen LogP contribution >= 0.6 is 0 Å². The normalized spacial score (nSPS) is 14.7. The Morgan fingerprint density at radius 1 is 0.875 bits per heavy atom. The van der Waals surface area contributed by atoms with Gasteiger partial charge in [0.1, 0.15) is 0 Å². The fourth-order valence-corrected chi connectivity index (χ4v) is 2.62. The van der Waals surface area contributed by atoms with E-state index >= 15 is 0 Å². The topological polar surface area (TPSA) is 58.2 Å². The summed E-state index contributed by atoms with van der Waals surface area (Å²) < 4.78 is 0. The lowest BCUT2D eigenvalue weighted by Crippen LogP contribution is -2.33. The van der Waals surface area contributed by atoms with Crippen molar-refractivity contribution in [3.8, 4) is 0 Å². The summed E-state index contributed by atoms with van der Waals surface area (Å²) in [7, 11) is 0. The van der Waals surface area contributed by atoms with Gasteiger partial charge < -0.3 is 10.6 Å². The van der Waals surface area contributed by atoms with Gasteiger partial charge in [0, 0.05) is 19.2 Å². The zero-order valence-corrected chi connectivity index (χ0v) is 14.5. The van der Waals surface area contributed by atoms with Crippen LogP contribution in [-0.4, -0.2) is 24.7 Å². The van der Waals surface area contributed by atoms with E-state index in [0.717, 1.165) is 31.2 Å². The Bertz CT molecular complexity index is 645. The van der Waals surface area contributed by atoms with Crippen LogP contribution in [0.4, 0.5) is 0 Å². The number of carbonyl (C=O) groups excluding carboxylic acids is 2. The second-order valence-electron chi connectivity index (χ2n) is 5.93. The SMILES string of the molecule is CCCCNC1=CC(=O)C(NCCCC)=C(c2ccccc2)C1=O. The van der Waals surface area contributed by atoms with Gasteiger partial charge in [-0.15, -0.1) is 0 Å². The average molecular weight is 326 g/mol. The van der Waals surface area contributed by atoms with Crippen LogP contribution in [0.5, 0.6) is 0 Å². The first-order chi connectivity index (χ1) is 11.7. The fourth-order valence-electron chi connectivity index (χ4n) is 2.62. The van der Waals surface area contributed by atoms with Crippen molar-refractivity contribution in [1.82, 2.24) is 10.6 Å². The Balaban J connectivity index is 2.32. The van der Waals surface area contributed by atoms with E-state index in [4.69, 9.17) is 0 Å². The van der Waals surface area contributed by atoms with Crippen molar-refractivity contribution < 1.29 is 9.59 Å². The molecule has 0 unspecified atom stereocenters. The van der Waals surface area contributed by atoms with Gasteiger partial charge in [0.15, 0.2) is 0 Å². The third kappa shape index (κ3) is 4.34. The number of allylic oxidation sites excluding steroid dienone is 2. The van der Waals surface area contributed by atoms with E-state index in [1.54, 1.807) is 0 Å². The number of hydrogen-bond donors (Lipinski definition) is 2. The standard InChI is InChI=1S/C20H26N2O2/c1-3-5-12-21-16-14-17(23)19(22-13-6-4-2)18(20(16)24)15-10-8-7-9-11-15/h7-11,14,21-22H,3-6,12-13H2,1-2H3. The zero-order valence-electron chi connectivity index (χ0n) is 14.5. The maximum atomic E-state index is 12.9. The molecule has 0 aliphatic heterocycles. The maximum Gasteiger partial charge on any atom is 0.211 e. The molecule has 0 bridgehead atoms. The van der Waals surface area contributed by atoms with Gasteiger partial charge in [0.2, 0.25) is 11.6 Å². The van der Waals surface area contributed by atoms with E-state index in [2.05, 4.69) is 24.5 Å². The van der Waals surface area contributed by atoms with Crippen LogP contribution in [0.2, 0.25) is 0 Å². The lowest BCUT2D eigenvalue weighted by molar-refractivity contribution is -0.115. The molecule has 1 aliphatic carbocycles. The number of unbranched alkanes of at least 4 members (excludes halogenated alkanes) is 2.